The number of hydrogen-bond acceptors (Lipinski definition) is 3. The standard InChI is InChI=1S/C9H16N4/c1-3-8-11-9-4-6(2)7(10)5-13(9)12-8/h6-7H,3-5,10H2,1-2H3. The van der Waals surface area contributed by atoms with Crippen LogP contribution in [0, 0.1) is 5.92 Å². The van der Waals surface area contributed by atoms with E-state index < -0.39 is 0 Å². The predicted octanol–water partition coefficient (Wildman–Crippen LogP) is 0.360. The smallest absolute Gasteiger partial charge is 0.150 e. The fourth-order valence-electron chi connectivity index (χ4n) is 1.69. The summed E-state index contributed by atoms with van der Waals surface area (Å²) in [7, 11) is 0. The third kappa shape index (κ3) is 1.46. The van der Waals surface area contributed by atoms with Crippen molar-refractivity contribution < 1.29 is 0 Å². The largest absolute Gasteiger partial charge is 0.326 e. The molecule has 2 rings (SSSR count). The number of aromatic nitrogens is 3. The minimum absolute atomic E-state index is 0.235. The van der Waals surface area contributed by atoms with E-state index in [0.717, 1.165) is 31.0 Å². The van der Waals surface area contributed by atoms with Gasteiger partial charge in [-0.25, -0.2) is 9.67 Å². The molecule has 0 fully saturated rings. The number of nitrogens with two attached hydrogens (primary N) is 1. The first-order valence-corrected chi connectivity index (χ1v) is 4.89. The van der Waals surface area contributed by atoms with Crippen LogP contribution in [0.4, 0.5) is 0 Å². The van der Waals surface area contributed by atoms with Crippen molar-refractivity contribution in [2.45, 2.75) is 39.3 Å². The Morgan fingerprint density at radius 1 is 1.62 bits per heavy atom. The van der Waals surface area contributed by atoms with Crippen LogP contribution in [0.25, 0.3) is 0 Å². The molecule has 0 spiro atoms. The van der Waals surface area contributed by atoms with Gasteiger partial charge in [0.05, 0.1) is 6.54 Å². The van der Waals surface area contributed by atoms with Crippen LogP contribution in [0.3, 0.4) is 0 Å². The number of hydrogen-bond donors (Lipinski definition) is 1. The van der Waals surface area contributed by atoms with Gasteiger partial charge in [-0.3, -0.25) is 0 Å². The van der Waals surface area contributed by atoms with E-state index in [2.05, 4.69) is 23.9 Å². The molecule has 0 aliphatic carbocycles. The normalized spacial score (nSPS) is 27.3. The maximum absolute atomic E-state index is 5.96. The van der Waals surface area contributed by atoms with Crippen LogP contribution >= 0.6 is 0 Å². The first-order chi connectivity index (χ1) is 6.20. The van der Waals surface area contributed by atoms with E-state index in [-0.39, 0.29) is 6.04 Å². The molecule has 2 unspecified atom stereocenters. The lowest BCUT2D eigenvalue weighted by Gasteiger charge is -2.25. The van der Waals surface area contributed by atoms with Gasteiger partial charge in [0.25, 0.3) is 0 Å². The zero-order valence-electron chi connectivity index (χ0n) is 8.20. The van der Waals surface area contributed by atoms with Gasteiger partial charge in [-0.15, -0.1) is 0 Å². The molecule has 2 heterocycles. The van der Waals surface area contributed by atoms with E-state index in [1.165, 1.54) is 0 Å². The van der Waals surface area contributed by atoms with Crippen molar-refractivity contribution in [3.8, 4) is 0 Å². The van der Waals surface area contributed by atoms with Crippen molar-refractivity contribution in [3.63, 3.8) is 0 Å². The Morgan fingerprint density at radius 3 is 3.08 bits per heavy atom. The molecule has 1 aliphatic rings. The quantitative estimate of drug-likeness (QED) is 0.679. The van der Waals surface area contributed by atoms with E-state index >= 15 is 0 Å². The van der Waals surface area contributed by atoms with E-state index in [0.29, 0.717) is 5.92 Å². The second-order valence-corrected chi connectivity index (χ2v) is 3.83. The van der Waals surface area contributed by atoms with Gasteiger partial charge >= 0.3 is 0 Å². The zero-order chi connectivity index (χ0) is 9.42. The Hall–Kier alpha value is -0.900. The van der Waals surface area contributed by atoms with Crippen LogP contribution in [-0.4, -0.2) is 20.8 Å². The summed E-state index contributed by atoms with van der Waals surface area (Å²) < 4.78 is 1.96. The Kier molecular flexibility index (Phi) is 2.07. The molecular formula is C9H16N4. The first-order valence-electron chi connectivity index (χ1n) is 4.89. The first kappa shape index (κ1) is 8.69. The highest BCUT2D eigenvalue weighted by Gasteiger charge is 2.24. The van der Waals surface area contributed by atoms with Gasteiger partial charge in [0.15, 0.2) is 5.82 Å². The Balaban J connectivity index is 2.29. The SMILES string of the molecule is CCc1nc2n(n1)CC(N)C(C)C2. The molecule has 72 valence electrons. The van der Waals surface area contributed by atoms with Gasteiger partial charge in [0.1, 0.15) is 5.82 Å². The van der Waals surface area contributed by atoms with Crippen LogP contribution in [0.1, 0.15) is 25.5 Å². The number of aryl methyl sites for hydroxylation is 1. The molecule has 2 atom stereocenters. The average molecular weight is 180 g/mol. The Bertz CT molecular complexity index is 277. The van der Waals surface area contributed by atoms with Crippen molar-refractivity contribution in [1.29, 1.82) is 0 Å². The fourth-order valence-corrected chi connectivity index (χ4v) is 1.69. The molecular weight excluding hydrogens is 164 g/mol. The summed E-state index contributed by atoms with van der Waals surface area (Å²) >= 11 is 0. The molecule has 0 saturated heterocycles. The summed E-state index contributed by atoms with van der Waals surface area (Å²) in [6.45, 7) is 5.07. The molecule has 0 saturated carbocycles. The zero-order valence-corrected chi connectivity index (χ0v) is 8.20. The summed E-state index contributed by atoms with van der Waals surface area (Å²) in [5, 5.41) is 4.38. The molecule has 1 aromatic rings. The molecule has 0 amide bonds. The third-order valence-corrected chi connectivity index (χ3v) is 2.73. The molecule has 1 aliphatic heterocycles. The molecule has 4 nitrogen and oxygen atoms in total. The maximum Gasteiger partial charge on any atom is 0.150 e. The Labute approximate surface area is 78.1 Å². The lowest BCUT2D eigenvalue weighted by Crippen LogP contribution is -2.39. The van der Waals surface area contributed by atoms with Crippen molar-refractivity contribution in [2.75, 3.05) is 0 Å². The van der Waals surface area contributed by atoms with E-state index in [9.17, 15) is 0 Å². The molecule has 0 radical (unpaired) electrons. The van der Waals surface area contributed by atoms with Gasteiger partial charge in [-0.05, 0) is 5.92 Å². The van der Waals surface area contributed by atoms with Crippen molar-refractivity contribution in [3.05, 3.63) is 11.6 Å². The van der Waals surface area contributed by atoms with Gasteiger partial charge in [-0.1, -0.05) is 13.8 Å². The second-order valence-electron chi connectivity index (χ2n) is 3.83. The lowest BCUT2D eigenvalue weighted by molar-refractivity contribution is 0.330. The highest BCUT2D eigenvalue weighted by atomic mass is 15.4. The summed E-state index contributed by atoms with van der Waals surface area (Å²) in [6.07, 6.45) is 1.87. The van der Waals surface area contributed by atoms with Crippen LogP contribution < -0.4 is 5.73 Å². The third-order valence-electron chi connectivity index (χ3n) is 2.73. The highest BCUT2D eigenvalue weighted by Crippen LogP contribution is 2.17. The van der Waals surface area contributed by atoms with E-state index in [1.54, 1.807) is 0 Å². The summed E-state index contributed by atoms with van der Waals surface area (Å²) in [5.41, 5.74) is 5.96. The predicted molar refractivity (Wildman–Crippen MR) is 50.2 cm³/mol. The second kappa shape index (κ2) is 3.10. The van der Waals surface area contributed by atoms with Crippen molar-refractivity contribution >= 4 is 0 Å². The summed E-state index contributed by atoms with van der Waals surface area (Å²) in [5.74, 6) is 2.57. The Morgan fingerprint density at radius 2 is 2.38 bits per heavy atom. The molecule has 0 bridgehead atoms. The van der Waals surface area contributed by atoms with Crippen LogP contribution in [0.5, 0.6) is 0 Å². The molecule has 4 heteroatoms. The fraction of sp³-hybridized carbons (Fsp3) is 0.778. The van der Waals surface area contributed by atoms with E-state index in [1.807, 2.05) is 4.68 Å². The van der Waals surface area contributed by atoms with Gasteiger partial charge in [0, 0.05) is 18.9 Å². The highest BCUT2D eigenvalue weighted by molar-refractivity contribution is 4.99. The van der Waals surface area contributed by atoms with Crippen molar-refractivity contribution in [2.24, 2.45) is 11.7 Å². The molecule has 1 aromatic heterocycles. The number of nitrogens with zero attached hydrogens (tertiary/aromatic N) is 3. The van der Waals surface area contributed by atoms with E-state index in [4.69, 9.17) is 5.73 Å². The molecule has 2 N–H and O–H groups in total. The summed E-state index contributed by atoms with van der Waals surface area (Å²) in [4.78, 5) is 4.45. The lowest BCUT2D eigenvalue weighted by atomic mass is 9.96. The molecule has 13 heavy (non-hydrogen) atoms. The maximum atomic E-state index is 5.96. The van der Waals surface area contributed by atoms with Crippen LogP contribution in [0.2, 0.25) is 0 Å². The summed E-state index contributed by atoms with van der Waals surface area (Å²) in [6, 6.07) is 0.235. The topological polar surface area (TPSA) is 56.7 Å². The number of fused-ring (bicyclic) bond motifs is 1. The van der Waals surface area contributed by atoms with Gasteiger partial charge in [-0.2, -0.15) is 5.10 Å². The monoisotopic (exact) mass is 180 g/mol. The minimum atomic E-state index is 0.235. The minimum Gasteiger partial charge on any atom is -0.326 e. The molecule has 0 aromatic carbocycles. The number of rotatable bonds is 1. The van der Waals surface area contributed by atoms with Crippen LogP contribution in [-0.2, 0) is 19.4 Å². The van der Waals surface area contributed by atoms with Crippen LogP contribution in [0.15, 0.2) is 0 Å². The van der Waals surface area contributed by atoms with Crippen molar-refractivity contribution in [1.82, 2.24) is 14.8 Å². The van der Waals surface area contributed by atoms with Gasteiger partial charge in [0.2, 0.25) is 0 Å². The average Bonchev–Trinajstić information content (AvgIpc) is 2.48. The van der Waals surface area contributed by atoms with Gasteiger partial charge < -0.3 is 5.73 Å².